The zero-order valence-electron chi connectivity index (χ0n) is 7.62. The molecule has 0 spiro atoms. The Labute approximate surface area is 83.4 Å². The first-order chi connectivity index (χ1) is 5.74. The van der Waals surface area contributed by atoms with Crippen LogP contribution in [0.5, 0.6) is 0 Å². The van der Waals surface area contributed by atoms with Crippen LogP contribution >= 0.6 is 23.7 Å². The minimum atomic E-state index is 1.03. The number of thioether (sulfide) groups is 1. The van der Waals surface area contributed by atoms with Crippen LogP contribution in [0.1, 0.15) is 13.8 Å². The van der Waals surface area contributed by atoms with Crippen molar-refractivity contribution in [3.63, 3.8) is 0 Å². The smallest absolute Gasteiger partial charge is 0.0529 e. The molecule has 0 saturated heterocycles. The van der Waals surface area contributed by atoms with Gasteiger partial charge < -0.3 is 5.73 Å². The van der Waals surface area contributed by atoms with Gasteiger partial charge in [-0.25, -0.2) is 4.31 Å². The maximum atomic E-state index is 5.21. The first-order valence-corrected chi connectivity index (χ1v) is 5.55. The van der Waals surface area contributed by atoms with Crippen molar-refractivity contribution in [1.29, 1.82) is 0 Å². The third-order valence-electron chi connectivity index (χ3n) is 1.21. The standard InChI is InChI=1S/C8H16N2S2/c1-4-10(5-2)12-8(3)11-7-6-9/h6-7H,3-5,9H2,1-2H3/b7-6+. The summed E-state index contributed by atoms with van der Waals surface area (Å²) in [5.74, 6) is 0. The van der Waals surface area contributed by atoms with Crippen LogP contribution in [0.15, 0.2) is 22.4 Å². The third-order valence-corrected chi connectivity index (χ3v) is 3.26. The first kappa shape index (κ1) is 11.9. The Balaban J connectivity index is 3.66. The average Bonchev–Trinajstić information content (AvgIpc) is 2.10. The van der Waals surface area contributed by atoms with E-state index in [1.54, 1.807) is 23.7 Å². The Kier molecular flexibility index (Phi) is 7.54. The van der Waals surface area contributed by atoms with Gasteiger partial charge in [0.25, 0.3) is 0 Å². The molecule has 0 amide bonds. The summed E-state index contributed by atoms with van der Waals surface area (Å²) in [7, 11) is 0. The van der Waals surface area contributed by atoms with Crippen molar-refractivity contribution in [1.82, 2.24) is 4.31 Å². The highest BCUT2D eigenvalue weighted by molar-refractivity contribution is 8.22. The number of rotatable bonds is 6. The van der Waals surface area contributed by atoms with Crippen molar-refractivity contribution in [3.8, 4) is 0 Å². The van der Waals surface area contributed by atoms with Crippen LogP contribution < -0.4 is 5.73 Å². The molecule has 0 unspecified atom stereocenters. The van der Waals surface area contributed by atoms with Crippen LogP contribution in [0.25, 0.3) is 0 Å². The lowest BCUT2D eigenvalue weighted by Gasteiger charge is -2.16. The third kappa shape index (κ3) is 5.57. The molecule has 0 heterocycles. The van der Waals surface area contributed by atoms with Gasteiger partial charge in [0.15, 0.2) is 0 Å². The lowest BCUT2D eigenvalue weighted by atomic mass is 10.7. The SMILES string of the molecule is C=C(S/C=C/N)SN(CC)CC. The summed E-state index contributed by atoms with van der Waals surface area (Å²) < 4.78 is 3.29. The monoisotopic (exact) mass is 204 g/mol. The largest absolute Gasteiger partial charge is 0.404 e. The van der Waals surface area contributed by atoms with Crippen LogP contribution in [0.3, 0.4) is 0 Å². The fraction of sp³-hybridized carbons (Fsp3) is 0.500. The molecule has 0 rings (SSSR count). The predicted octanol–water partition coefficient (Wildman–Crippen LogP) is 2.61. The van der Waals surface area contributed by atoms with Crippen molar-refractivity contribution in [2.45, 2.75) is 13.8 Å². The van der Waals surface area contributed by atoms with Gasteiger partial charge in [0, 0.05) is 19.3 Å². The summed E-state index contributed by atoms with van der Waals surface area (Å²) in [6, 6.07) is 0. The second kappa shape index (κ2) is 7.58. The summed E-state index contributed by atoms with van der Waals surface area (Å²) in [5.41, 5.74) is 5.21. The van der Waals surface area contributed by atoms with Crippen LogP contribution in [0.2, 0.25) is 0 Å². The van der Waals surface area contributed by atoms with Crippen LogP contribution in [0, 0.1) is 0 Å². The Bertz CT molecular complexity index is 153. The van der Waals surface area contributed by atoms with E-state index in [0.29, 0.717) is 0 Å². The minimum absolute atomic E-state index is 1.03. The van der Waals surface area contributed by atoms with E-state index >= 15 is 0 Å². The Morgan fingerprint density at radius 2 is 2.08 bits per heavy atom. The minimum Gasteiger partial charge on any atom is -0.404 e. The topological polar surface area (TPSA) is 29.3 Å². The highest BCUT2D eigenvalue weighted by Crippen LogP contribution is 2.29. The van der Waals surface area contributed by atoms with Gasteiger partial charge >= 0.3 is 0 Å². The van der Waals surface area contributed by atoms with E-state index in [1.807, 2.05) is 5.41 Å². The Morgan fingerprint density at radius 1 is 1.50 bits per heavy atom. The maximum absolute atomic E-state index is 5.21. The number of nitrogens with two attached hydrogens (primary N) is 1. The molecule has 0 aromatic rings. The van der Waals surface area contributed by atoms with E-state index in [1.165, 1.54) is 6.20 Å². The van der Waals surface area contributed by atoms with Gasteiger partial charge in [0.05, 0.1) is 4.24 Å². The molecule has 4 heteroatoms. The molecule has 0 atom stereocenters. The summed E-state index contributed by atoms with van der Waals surface area (Å²) >= 11 is 3.24. The highest BCUT2D eigenvalue weighted by atomic mass is 32.2. The second-order valence-electron chi connectivity index (χ2n) is 2.02. The Morgan fingerprint density at radius 3 is 2.50 bits per heavy atom. The summed E-state index contributed by atoms with van der Waals surface area (Å²) in [6.07, 6.45) is 1.53. The molecular weight excluding hydrogens is 188 g/mol. The molecule has 0 aromatic carbocycles. The zero-order valence-corrected chi connectivity index (χ0v) is 9.25. The number of hydrogen-bond acceptors (Lipinski definition) is 4. The van der Waals surface area contributed by atoms with Gasteiger partial charge in [0.2, 0.25) is 0 Å². The van der Waals surface area contributed by atoms with E-state index in [4.69, 9.17) is 5.73 Å². The van der Waals surface area contributed by atoms with Crippen molar-refractivity contribution < 1.29 is 0 Å². The molecule has 0 aliphatic heterocycles. The normalized spacial score (nSPS) is 11.2. The molecule has 2 N–H and O–H groups in total. The van der Waals surface area contributed by atoms with E-state index in [9.17, 15) is 0 Å². The zero-order chi connectivity index (χ0) is 9.40. The molecule has 0 saturated carbocycles. The van der Waals surface area contributed by atoms with Crippen molar-refractivity contribution >= 4 is 23.7 Å². The van der Waals surface area contributed by atoms with Crippen molar-refractivity contribution in [2.75, 3.05) is 13.1 Å². The number of nitrogens with zero attached hydrogens (tertiary/aromatic N) is 1. The molecule has 0 aliphatic rings. The molecule has 70 valence electrons. The number of hydrogen-bond donors (Lipinski definition) is 1. The summed E-state index contributed by atoms with van der Waals surface area (Å²) in [4.78, 5) is 0. The fourth-order valence-corrected chi connectivity index (χ4v) is 2.06. The van der Waals surface area contributed by atoms with Gasteiger partial charge in [0.1, 0.15) is 0 Å². The molecule has 2 nitrogen and oxygen atoms in total. The summed E-state index contributed by atoms with van der Waals surface area (Å²) in [6.45, 7) is 10.2. The van der Waals surface area contributed by atoms with Crippen LogP contribution in [-0.4, -0.2) is 17.4 Å². The highest BCUT2D eigenvalue weighted by Gasteiger charge is 2.01. The van der Waals surface area contributed by atoms with Gasteiger partial charge in [-0.3, -0.25) is 0 Å². The van der Waals surface area contributed by atoms with Crippen molar-refractivity contribution in [2.24, 2.45) is 5.73 Å². The summed E-state index contributed by atoms with van der Waals surface area (Å²) in [5, 5.41) is 1.83. The van der Waals surface area contributed by atoms with Crippen LogP contribution in [0.4, 0.5) is 0 Å². The molecule has 0 bridgehead atoms. The van der Waals surface area contributed by atoms with Gasteiger partial charge in [-0.05, 0) is 17.4 Å². The molecule has 0 aromatic heterocycles. The van der Waals surface area contributed by atoms with E-state index < -0.39 is 0 Å². The van der Waals surface area contributed by atoms with E-state index in [-0.39, 0.29) is 0 Å². The molecule has 12 heavy (non-hydrogen) atoms. The maximum Gasteiger partial charge on any atom is 0.0529 e. The predicted molar refractivity (Wildman–Crippen MR) is 60.6 cm³/mol. The van der Waals surface area contributed by atoms with Crippen LogP contribution in [-0.2, 0) is 0 Å². The molecule has 0 radical (unpaired) electrons. The lowest BCUT2D eigenvalue weighted by molar-refractivity contribution is 0.528. The van der Waals surface area contributed by atoms with Gasteiger partial charge in [-0.15, -0.1) is 0 Å². The lowest BCUT2D eigenvalue weighted by Crippen LogP contribution is -2.13. The Hall–Kier alpha value is -0.0600. The van der Waals surface area contributed by atoms with Gasteiger partial charge in [-0.1, -0.05) is 32.2 Å². The second-order valence-corrected chi connectivity index (χ2v) is 4.47. The molecule has 0 aliphatic carbocycles. The molecular formula is C8H16N2S2. The average molecular weight is 204 g/mol. The fourth-order valence-electron chi connectivity index (χ4n) is 0.633. The first-order valence-electron chi connectivity index (χ1n) is 3.89. The van der Waals surface area contributed by atoms with Crippen molar-refractivity contribution in [3.05, 3.63) is 22.4 Å². The quantitative estimate of drug-likeness (QED) is 0.673. The van der Waals surface area contributed by atoms with Gasteiger partial charge in [-0.2, -0.15) is 0 Å². The van der Waals surface area contributed by atoms with E-state index in [2.05, 4.69) is 24.7 Å². The van der Waals surface area contributed by atoms with E-state index in [0.717, 1.165) is 17.3 Å². The molecule has 0 fully saturated rings.